The van der Waals surface area contributed by atoms with Crippen LogP contribution in [0.5, 0.6) is 0 Å². The normalized spacial score (nSPS) is 15.3. The monoisotopic (exact) mass is 304 g/mol. The highest BCUT2D eigenvalue weighted by Gasteiger charge is 2.14. The highest BCUT2D eigenvalue weighted by Crippen LogP contribution is 2.28. The molecule has 0 amide bonds. The number of hydrogen-bond acceptors (Lipinski definition) is 4. The van der Waals surface area contributed by atoms with Crippen molar-refractivity contribution in [1.29, 1.82) is 0 Å². The lowest BCUT2D eigenvalue weighted by atomic mass is 10.0. The van der Waals surface area contributed by atoms with Crippen LogP contribution in [-0.4, -0.2) is 37.3 Å². The van der Waals surface area contributed by atoms with Gasteiger partial charge < -0.3 is 14.9 Å². The van der Waals surface area contributed by atoms with E-state index < -0.39 is 0 Å². The van der Waals surface area contributed by atoms with E-state index >= 15 is 0 Å². The van der Waals surface area contributed by atoms with Gasteiger partial charge in [-0.05, 0) is 28.8 Å². The molecule has 0 saturated heterocycles. The Morgan fingerprint density at radius 2 is 2.06 bits per heavy atom. The zero-order valence-electron chi connectivity index (χ0n) is 9.94. The minimum atomic E-state index is -0.0924. The fourth-order valence-electron chi connectivity index (χ4n) is 1.28. The van der Waals surface area contributed by atoms with Gasteiger partial charge in [-0.1, -0.05) is 12.2 Å². The van der Waals surface area contributed by atoms with Gasteiger partial charge in [0.25, 0.3) is 0 Å². The van der Waals surface area contributed by atoms with Crippen molar-refractivity contribution in [3.63, 3.8) is 0 Å². The Morgan fingerprint density at radius 3 is 2.53 bits per heavy atom. The molecule has 0 atom stereocenters. The van der Waals surface area contributed by atoms with E-state index in [0.717, 1.165) is 0 Å². The Balaban J connectivity index is 0.000000770. The number of aldehydes is 1. The number of hydrogen-bond donors (Lipinski definition) is 2. The molecule has 0 spiro atoms. The minimum Gasteiger partial charge on any atom is -0.506 e. The van der Waals surface area contributed by atoms with Crippen LogP contribution in [0.15, 0.2) is 33.5 Å². The van der Waals surface area contributed by atoms with Gasteiger partial charge in [0.15, 0.2) is 0 Å². The Labute approximate surface area is 109 Å². The fraction of sp³-hybridized carbons (Fsp3) is 0.417. The van der Waals surface area contributed by atoms with Gasteiger partial charge in [-0.25, -0.2) is 0 Å². The molecule has 0 heterocycles. The van der Waals surface area contributed by atoms with Crippen LogP contribution in [0.1, 0.15) is 12.8 Å². The molecule has 0 fully saturated rings. The molecule has 0 aromatic rings. The van der Waals surface area contributed by atoms with Crippen molar-refractivity contribution in [2.24, 2.45) is 0 Å². The number of carbonyl (C=O) groups is 1. The summed E-state index contributed by atoms with van der Waals surface area (Å²) in [5, 5.41) is 18.5. The molecule has 1 aliphatic carbocycles. The van der Waals surface area contributed by atoms with E-state index in [1.807, 2.05) is 0 Å². The average Bonchev–Trinajstić information content (AvgIpc) is 2.44. The molecular formula is C12H17BrO4. The van der Waals surface area contributed by atoms with E-state index in [-0.39, 0.29) is 18.8 Å². The molecule has 0 bridgehead atoms. The lowest BCUT2D eigenvalue weighted by molar-refractivity contribution is -0.104. The topological polar surface area (TPSA) is 66.8 Å². The molecule has 17 heavy (non-hydrogen) atoms. The first kappa shape index (κ1) is 16.1. The van der Waals surface area contributed by atoms with E-state index in [9.17, 15) is 9.90 Å². The van der Waals surface area contributed by atoms with Crippen molar-refractivity contribution in [2.75, 3.05) is 20.8 Å². The van der Waals surface area contributed by atoms with E-state index in [1.54, 1.807) is 26.4 Å². The summed E-state index contributed by atoms with van der Waals surface area (Å²) < 4.78 is 4.81. The zero-order valence-corrected chi connectivity index (χ0v) is 11.5. The Hall–Kier alpha value is -0.910. The van der Waals surface area contributed by atoms with E-state index in [0.29, 0.717) is 28.3 Å². The number of allylic oxidation sites excluding steroid dienone is 4. The largest absolute Gasteiger partial charge is 0.506 e. The first-order valence-electron chi connectivity index (χ1n) is 5.07. The summed E-state index contributed by atoms with van der Waals surface area (Å²) in [7, 11) is 3.25. The molecule has 0 aromatic carbocycles. The van der Waals surface area contributed by atoms with Crippen LogP contribution in [0, 0.1) is 0 Å². The van der Waals surface area contributed by atoms with Crippen LogP contribution in [0.2, 0.25) is 0 Å². The van der Waals surface area contributed by atoms with Crippen LogP contribution in [0.3, 0.4) is 0 Å². The Morgan fingerprint density at radius 1 is 1.47 bits per heavy atom. The van der Waals surface area contributed by atoms with Gasteiger partial charge in [-0.2, -0.15) is 0 Å². The number of carbonyl (C=O) groups excluding carboxylic acids is 1. The summed E-state index contributed by atoms with van der Waals surface area (Å²) in [5.74, 6) is 0.0369. The molecule has 96 valence electrons. The lowest BCUT2D eigenvalue weighted by Crippen LogP contribution is -1.99. The second-order valence-electron chi connectivity index (χ2n) is 3.27. The molecule has 0 aromatic heterocycles. The fourth-order valence-corrected chi connectivity index (χ4v) is 1.71. The molecule has 0 saturated carbocycles. The molecule has 1 aliphatic rings. The summed E-state index contributed by atoms with van der Waals surface area (Å²) in [5.41, 5.74) is 0.936. The quantitative estimate of drug-likeness (QED) is 0.785. The van der Waals surface area contributed by atoms with Crippen LogP contribution >= 0.6 is 15.9 Å². The van der Waals surface area contributed by atoms with Crippen molar-refractivity contribution in [3.05, 3.63) is 33.5 Å². The lowest BCUT2D eigenvalue weighted by Gasteiger charge is -2.07. The van der Waals surface area contributed by atoms with Gasteiger partial charge in [0, 0.05) is 32.0 Å². The number of aliphatic hydroxyl groups is 2. The molecule has 0 unspecified atom stereocenters. The highest BCUT2D eigenvalue weighted by molar-refractivity contribution is 9.11. The van der Waals surface area contributed by atoms with Crippen LogP contribution in [-0.2, 0) is 9.53 Å². The molecular weight excluding hydrogens is 288 g/mol. The van der Waals surface area contributed by atoms with Crippen LogP contribution < -0.4 is 0 Å². The smallest absolute Gasteiger partial charge is 0.150 e. The number of aliphatic hydroxyl groups excluding tert-OH is 2. The third kappa shape index (κ3) is 5.30. The molecule has 4 nitrogen and oxygen atoms in total. The standard InChI is InChI=1S/C10H11BrO3.C2H6O/c11-9-3-1-2-7(6-13)8(4-5-12)10(9)14;1-3-2/h2-3,6,12,14H,1,4-5H2;1-2H3. The second-order valence-corrected chi connectivity index (χ2v) is 4.13. The van der Waals surface area contributed by atoms with Gasteiger partial charge in [-0.3, -0.25) is 4.79 Å². The molecule has 0 aliphatic heterocycles. The summed E-state index contributed by atoms with van der Waals surface area (Å²) in [6, 6.07) is 0. The van der Waals surface area contributed by atoms with E-state index in [2.05, 4.69) is 20.7 Å². The van der Waals surface area contributed by atoms with E-state index in [4.69, 9.17) is 5.11 Å². The number of rotatable bonds is 3. The maximum atomic E-state index is 10.7. The number of methoxy groups -OCH3 is 1. The van der Waals surface area contributed by atoms with Gasteiger partial charge in [0.05, 0.1) is 4.48 Å². The van der Waals surface area contributed by atoms with Crippen LogP contribution in [0.25, 0.3) is 0 Å². The van der Waals surface area contributed by atoms with Crippen molar-refractivity contribution in [2.45, 2.75) is 12.8 Å². The summed E-state index contributed by atoms with van der Waals surface area (Å²) in [6.07, 6.45) is 5.05. The van der Waals surface area contributed by atoms with Crippen molar-refractivity contribution >= 4 is 22.2 Å². The number of ether oxygens (including phenoxy) is 1. The predicted octanol–water partition coefficient (Wildman–Crippen LogP) is 2.25. The summed E-state index contributed by atoms with van der Waals surface area (Å²) in [6.45, 7) is -0.0924. The van der Waals surface area contributed by atoms with Crippen molar-refractivity contribution in [3.8, 4) is 0 Å². The molecule has 2 N–H and O–H groups in total. The summed E-state index contributed by atoms with van der Waals surface area (Å²) in [4.78, 5) is 10.7. The number of halogens is 1. The minimum absolute atomic E-state index is 0.0369. The van der Waals surface area contributed by atoms with Gasteiger partial charge >= 0.3 is 0 Å². The molecule has 0 radical (unpaired) electrons. The van der Waals surface area contributed by atoms with Gasteiger partial charge in [-0.15, -0.1) is 0 Å². The third-order valence-electron chi connectivity index (χ3n) is 1.98. The van der Waals surface area contributed by atoms with Gasteiger partial charge in [0.2, 0.25) is 0 Å². The predicted molar refractivity (Wildman–Crippen MR) is 70.1 cm³/mol. The van der Waals surface area contributed by atoms with Crippen molar-refractivity contribution < 1.29 is 19.7 Å². The Bertz CT molecular complexity index is 342. The van der Waals surface area contributed by atoms with Gasteiger partial charge in [0.1, 0.15) is 12.0 Å². The highest BCUT2D eigenvalue weighted by atomic mass is 79.9. The second kappa shape index (κ2) is 9.15. The first-order chi connectivity index (χ1) is 8.12. The molecule has 1 rings (SSSR count). The van der Waals surface area contributed by atoms with Crippen molar-refractivity contribution in [1.82, 2.24) is 0 Å². The summed E-state index contributed by atoms with van der Waals surface area (Å²) >= 11 is 3.19. The maximum Gasteiger partial charge on any atom is 0.150 e. The third-order valence-corrected chi connectivity index (χ3v) is 2.68. The first-order valence-corrected chi connectivity index (χ1v) is 5.86. The van der Waals surface area contributed by atoms with Crippen LogP contribution in [0.4, 0.5) is 0 Å². The SMILES string of the molecule is COC.O=CC1=CCC=C(Br)C(O)=C1CCO. The maximum absolute atomic E-state index is 10.7. The average molecular weight is 305 g/mol. The Kier molecular flexibility index (Phi) is 8.66. The molecule has 5 heteroatoms. The zero-order chi connectivity index (χ0) is 13.3. The van der Waals surface area contributed by atoms with E-state index in [1.165, 1.54) is 0 Å².